The Morgan fingerprint density at radius 3 is 2.61 bits per heavy atom. The zero-order chi connectivity index (χ0) is 23.0. The maximum atomic E-state index is 13.7. The van der Waals surface area contributed by atoms with Gasteiger partial charge in [-0.2, -0.15) is 10.2 Å². The minimum absolute atomic E-state index is 0.298. The van der Waals surface area contributed by atoms with E-state index in [4.69, 9.17) is 5.73 Å². The predicted molar refractivity (Wildman–Crippen MR) is 116 cm³/mol. The molecule has 0 unspecified atom stereocenters. The molecule has 0 radical (unpaired) electrons. The van der Waals surface area contributed by atoms with Gasteiger partial charge in [-0.25, -0.2) is 18.3 Å². The van der Waals surface area contributed by atoms with Crippen molar-refractivity contribution in [2.24, 2.45) is 0 Å². The summed E-state index contributed by atoms with van der Waals surface area (Å²) < 4.78 is 31.1. The van der Waals surface area contributed by atoms with Gasteiger partial charge in [0.25, 0.3) is 5.92 Å². The van der Waals surface area contributed by atoms with Crippen molar-refractivity contribution in [1.29, 1.82) is 0 Å². The van der Waals surface area contributed by atoms with Gasteiger partial charge in [0.1, 0.15) is 17.3 Å². The Kier molecular flexibility index (Phi) is 3.96. The molecule has 6 rings (SSSR count). The molecule has 2 aliphatic carbocycles. The molecule has 0 saturated heterocycles. The van der Waals surface area contributed by atoms with E-state index in [1.54, 1.807) is 35.0 Å². The fourth-order valence-corrected chi connectivity index (χ4v) is 4.89. The van der Waals surface area contributed by atoms with E-state index in [1.165, 1.54) is 6.33 Å². The number of benzene rings is 1. The third kappa shape index (κ3) is 2.93. The number of nitrogens with two attached hydrogens (primary N) is 1. The highest BCUT2D eigenvalue weighted by Crippen LogP contribution is 2.54. The molecule has 8 nitrogen and oxygen atoms in total. The van der Waals surface area contributed by atoms with Gasteiger partial charge in [-0.3, -0.25) is 9.48 Å². The lowest BCUT2D eigenvalue weighted by Crippen LogP contribution is -2.54. The number of aliphatic carboxylic acids is 1. The molecular weight excluding hydrogens is 430 g/mol. The Balaban J connectivity index is 1.52. The molecule has 2 aliphatic rings. The lowest BCUT2D eigenvalue weighted by atomic mass is 9.62. The van der Waals surface area contributed by atoms with Crippen LogP contribution in [0.5, 0.6) is 0 Å². The lowest BCUT2D eigenvalue weighted by Gasteiger charge is -2.44. The highest BCUT2D eigenvalue weighted by Gasteiger charge is 2.62. The molecule has 1 aromatic carbocycles. The van der Waals surface area contributed by atoms with Crippen molar-refractivity contribution in [1.82, 2.24) is 24.4 Å². The standard InChI is InChI=1S/C23H20F2N6O2/c24-23(25)10-22(11-23,21(32)33)14-3-1-2-13(8-14)18-9-16(19-20(26)27-12-29-31(18)19)17-6-7-28-30(17)15-4-5-15/h1-3,6-9,12,15H,4-5,10-11H2,(H,32,33)(H2,26,27,29). The van der Waals surface area contributed by atoms with Crippen molar-refractivity contribution < 1.29 is 18.7 Å². The topological polar surface area (TPSA) is 111 Å². The van der Waals surface area contributed by atoms with E-state index in [9.17, 15) is 18.7 Å². The summed E-state index contributed by atoms with van der Waals surface area (Å²) in [7, 11) is 0. The molecular formula is C23H20F2N6O2. The van der Waals surface area contributed by atoms with Gasteiger partial charge in [0, 0.05) is 30.2 Å². The number of hydrogen-bond donors (Lipinski definition) is 2. The molecule has 3 N–H and O–H groups in total. The number of anilines is 1. The van der Waals surface area contributed by atoms with Crippen molar-refractivity contribution in [3.05, 3.63) is 54.5 Å². The van der Waals surface area contributed by atoms with E-state index >= 15 is 0 Å². The van der Waals surface area contributed by atoms with Gasteiger partial charge in [-0.05, 0) is 36.6 Å². The molecule has 0 spiro atoms. The van der Waals surface area contributed by atoms with Crippen molar-refractivity contribution in [2.75, 3.05) is 5.73 Å². The monoisotopic (exact) mass is 450 g/mol. The number of hydrogen-bond acceptors (Lipinski definition) is 5. The largest absolute Gasteiger partial charge is 0.481 e. The van der Waals surface area contributed by atoms with E-state index in [0.29, 0.717) is 34.2 Å². The van der Waals surface area contributed by atoms with Crippen LogP contribution in [0, 0.1) is 0 Å². The number of halogens is 2. The number of rotatable bonds is 5. The van der Waals surface area contributed by atoms with Crippen LogP contribution in [0.1, 0.15) is 37.3 Å². The molecule has 10 heteroatoms. The van der Waals surface area contributed by atoms with E-state index < -0.39 is 30.1 Å². The molecule has 2 saturated carbocycles. The lowest BCUT2D eigenvalue weighted by molar-refractivity contribution is -0.174. The smallest absolute Gasteiger partial charge is 0.314 e. The number of carboxylic acids is 1. The van der Waals surface area contributed by atoms with Crippen LogP contribution in [0.2, 0.25) is 0 Å². The van der Waals surface area contributed by atoms with Crippen LogP contribution in [0.25, 0.3) is 28.0 Å². The number of carboxylic acid groups (broad SMARTS) is 1. The number of nitrogen functional groups attached to an aromatic ring is 1. The highest BCUT2D eigenvalue weighted by atomic mass is 19.3. The summed E-state index contributed by atoms with van der Waals surface area (Å²) in [6, 6.07) is 10.9. The summed E-state index contributed by atoms with van der Waals surface area (Å²) in [6.07, 6.45) is 3.78. The van der Waals surface area contributed by atoms with Gasteiger partial charge in [-0.1, -0.05) is 18.2 Å². The first-order valence-corrected chi connectivity index (χ1v) is 10.7. The second-order valence-electron chi connectivity index (χ2n) is 8.92. The summed E-state index contributed by atoms with van der Waals surface area (Å²) in [6.45, 7) is 0. The summed E-state index contributed by atoms with van der Waals surface area (Å²) in [5.41, 5.74) is 8.60. The molecule has 33 heavy (non-hydrogen) atoms. The SMILES string of the molecule is Nc1ncnn2c(-c3cccc(C4(C(=O)O)CC(F)(F)C4)c3)cc(-c3ccnn3C3CC3)c12. The van der Waals surface area contributed by atoms with Crippen molar-refractivity contribution in [3.63, 3.8) is 0 Å². The van der Waals surface area contributed by atoms with Crippen molar-refractivity contribution >= 4 is 17.3 Å². The molecule has 2 fully saturated rings. The van der Waals surface area contributed by atoms with Crippen LogP contribution in [0.15, 0.2) is 48.9 Å². The summed E-state index contributed by atoms with van der Waals surface area (Å²) in [5, 5.41) is 18.6. The van der Waals surface area contributed by atoms with E-state index in [2.05, 4.69) is 15.2 Å². The average Bonchev–Trinajstić information content (AvgIpc) is 3.35. The second kappa shape index (κ2) is 6.60. The predicted octanol–water partition coefficient (Wildman–Crippen LogP) is 3.93. The Hall–Kier alpha value is -3.82. The number of fused-ring (bicyclic) bond motifs is 1. The molecule has 0 amide bonds. The third-order valence-electron chi connectivity index (χ3n) is 6.66. The molecule has 3 aromatic heterocycles. The Bertz CT molecular complexity index is 1410. The van der Waals surface area contributed by atoms with Crippen molar-refractivity contribution in [2.45, 2.75) is 43.1 Å². The zero-order valence-corrected chi connectivity index (χ0v) is 17.4. The Morgan fingerprint density at radius 2 is 1.91 bits per heavy atom. The maximum absolute atomic E-state index is 13.7. The van der Waals surface area contributed by atoms with Gasteiger partial charge in [0.2, 0.25) is 0 Å². The fourth-order valence-electron chi connectivity index (χ4n) is 4.89. The first kappa shape index (κ1) is 19.8. The fraction of sp³-hybridized carbons (Fsp3) is 0.304. The van der Waals surface area contributed by atoms with Crippen LogP contribution >= 0.6 is 0 Å². The van der Waals surface area contributed by atoms with Gasteiger partial charge in [0.15, 0.2) is 5.82 Å². The van der Waals surface area contributed by atoms with Crippen LogP contribution in [-0.4, -0.2) is 41.4 Å². The molecule has 3 heterocycles. The van der Waals surface area contributed by atoms with E-state index in [1.807, 2.05) is 16.8 Å². The number of nitrogens with zero attached hydrogens (tertiary/aromatic N) is 5. The first-order chi connectivity index (χ1) is 15.8. The van der Waals surface area contributed by atoms with Gasteiger partial charge < -0.3 is 10.8 Å². The molecule has 0 atom stereocenters. The van der Waals surface area contributed by atoms with Crippen molar-refractivity contribution in [3.8, 4) is 22.5 Å². The minimum atomic E-state index is -2.98. The molecule has 168 valence electrons. The molecule has 4 aromatic rings. The van der Waals surface area contributed by atoms with Crippen LogP contribution in [0.4, 0.5) is 14.6 Å². The van der Waals surface area contributed by atoms with Gasteiger partial charge >= 0.3 is 5.97 Å². The summed E-state index contributed by atoms with van der Waals surface area (Å²) in [5.74, 6) is -3.93. The first-order valence-electron chi connectivity index (χ1n) is 10.7. The van der Waals surface area contributed by atoms with Gasteiger partial charge in [-0.15, -0.1) is 0 Å². The summed E-state index contributed by atoms with van der Waals surface area (Å²) >= 11 is 0. The van der Waals surface area contributed by atoms with Crippen LogP contribution in [-0.2, 0) is 10.2 Å². The van der Waals surface area contributed by atoms with Crippen LogP contribution in [0.3, 0.4) is 0 Å². The molecule has 0 aliphatic heterocycles. The highest BCUT2D eigenvalue weighted by molar-refractivity contribution is 5.91. The summed E-state index contributed by atoms with van der Waals surface area (Å²) in [4.78, 5) is 16.1. The zero-order valence-electron chi connectivity index (χ0n) is 17.4. The van der Waals surface area contributed by atoms with Crippen LogP contribution < -0.4 is 5.73 Å². The van der Waals surface area contributed by atoms with E-state index in [0.717, 1.165) is 24.1 Å². The van der Waals surface area contributed by atoms with Gasteiger partial charge in [0.05, 0.1) is 17.4 Å². The third-order valence-corrected chi connectivity index (χ3v) is 6.66. The van der Waals surface area contributed by atoms with E-state index in [-0.39, 0.29) is 0 Å². The molecule has 0 bridgehead atoms. The number of carbonyl (C=O) groups is 1. The Morgan fingerprint density at radius 1 is 1.12 bits per heavy atom. The number of alkyl halides is 2. The number of aromatic nitrogens is 5. The second-order valence-corrected chi connectivity index (χ2v) is 8.92. The Labute approximate surface area is 186 Å². The quantitative estimate of drug-likeness (QED) is 0.477. The normalized spacial score (nSPS) is 18.8. The average molecular weight is 450 g/mol. The minimum Gasteiger partial charge on any atom is -0.481 e. The maximum Gasteiger partial charge on any atom is 0.314 e.